The van der Waals surface area contributed by atoms with Crippen molar-refractivity contribution in [2.24, 2.45) is 0 Å². The number of amides is 2. The number of nitrogens with one attached hydrogen (secondary N) is 1. The van der Waals surface area contributed by atoms with Gasteiger partial charge in [-0.15, -0.1) is 0 Å². The minimum absolute atomic E-state index is 0.268. The fourth-order valence-corrected chi connectivity index (χ4v) is 1.27. The fraction of sp³-hybridized carbons (Fsp3) is 0.273. The third kappa shape index (κ3) is 2.99. The number of carbonyl (C=O) groups excluding carboxylic acids is 2. The molecule has 0 atom stereocenters. The molecule has 18 heavy (non-hydrogen) atoms. The summed E-state index contributed by atoms with van der Waals surface area (Å²) in [5.41, 5.74) is -0.363. The molecule has 1 N–H and O–H groups in total. The molecule has 0 unspecified atom stereocenters. The Morgan fingerprint density at radius 2 is 1.72 bits per heavy atom. The predicted molar refractivity (Wildman–Crippen MR) is 57.3 cm³/mol. The van der Waals surface area contributed by atoms with Crippen LogP contribution < -0.4 is 5.32 Å². The second kappa shape index (κ2) is 5.52. The topological polar surface area (TPSA) is 49.4 Å². The van der Waals surface area contributed by atoms with Crippen molar-refractivity contribution in [2.45, 2.75) is 0 Å². The molecule has 0 saturated carbocycles. The Labute approximate surface area is 101 Å². The standard InChI is InChI=1S/C11H11F3N2O2/c1-15-9(17)5-16(2)11(18)6-3-7(12)10(14)8(13)4-6/h3-4H,5H2,1-2H3,(H,15,17). The first-order valence-electron chi connectivity index (χ1n) is 4.97. The Hall–Kier alpha value is -2.05. The number of rotatable bonds is 3. The lowest BCUT2D eigenvalue weighted by Crippen LogP contribution is -2.37. The lowest BCUT2D eigenvalue weighted by atomic mass is 10.2. The second-order valence-corrected chi connectivity index (χ2v) is 3.59. The van der Waals surface area contributed by atoms with E-state index in [1.54, 1.807) is 0 Å². The van der Waals surface area contributed by atoms with Gasteiger partial charge in [-0.3, -0.25) is 9.59 Å². The first-order valence-corrected chi connectivity index (χ1v) is 4.97. The van der Waals surface area contributed by atoms with Crippen LogP contribution in [0.1, 0.15) is 10.4 Å². The quantitative estimate of drug-likeness (QED) is 0.822. The van der Waals surface area contributed by atoms with E-state index in [1.807, 2.05) is 0 Å². The molecule has 0 radical (unpaired) electrons. The molecule has 98 valence electrons. The third-order valence-corrected chi connectivity index (χ3v) is 2.24. The van der Waals surface area contributed by atoms with Crippen LogP contribution in [0.2, 0.25) is 0 Å². The average Bonchev–Trinajstić information content (AvgIpc) is 2.33. The van der Waals surface area contributed by atoms with E-state index < -0.39 is 29.3 Å². The van der Waals surface area contributed by atoms with Gasteiger partial charge in [0.05, 0.1) is 6.54 Å². The highest BCUT2D eigenvalue weighted by Gasteiger charge is 2.18. The molecule has 7 heteroatoms. The van der Waals surface area contributed by atoms with Gasteiger partial charge >= 0.3 is 0 Å². The molecule has 0 fully saturated rings. The molecule has 0 heterocycles. The van der Waals surface area contributed by atoms with Crippen molar-refractivity contribution in [1.82, 2.24) is 10.2 Å². The smallest absolute Gasteiger partial charge is 0.254 e. The Kier molecular flexibility index (Phi) is 4.30. The van der Waals surface area contributed by atoms with Gasteiger partial charge in [-0.05, 0) is 12.1 Å². The summed E-state index contributed by atoms with van der Waals surface area (Å²) in [6, 6.07) is 1.17. The number of hydrogen-bond acceptors (Lipinski definition) is 2. The van der Waals surface area contributed by atoms with Gasteiger partial charge in [-0.1, -0.05) is 0 Å². The summed E-state index contributed by atoms with van der Waals surface area (Å²) >= 11 is 0. The van der Waals surface area contributed by atoms with Gasteiger partial charge in [-0.2, -0.15) is 0 Å². The molecule has 0 saturated heterocycles. The monoisotopic (exact) mass is 260 g/mol. The van der Waals surface area contributed by atoms with Gasteiger partial charge in [0, 0.05) is 19.7 Å². The summed E-state index contributed by atoms with van der Waals surface area (Å²) in [4.78, 5) is 23.7. The largest absolute Gasteiger partial charge is 0.358 e. The lowest BCUT2D eigenvalue weighted by molar-refractivity contribution is -0.121. The van der Waals surface area contributed by atoms with Crippen molar-refractivity contribution in [3.8, 4) is 0 Å². The van der Waals surface area contributed by atoms with E-state index in [0.717, 1.165) is 4.90 Å². The van der Waals surface area contributed by atoms with Crippen LogP contribution in [0.5, 0.6) is 0 Å². The van der Waals surface area contributed by atoms with Gasteiger partial charge in [-0.25, -0.2) is 13.2 Å². The van der Waals surface area contributed by atoms with E-state index in [-0.39, 0.29) is 12.1 Å². The summed E-state index contributed by atoms with van der Waals surface area (Å²) in [7, 11) is 2.68. The van der Waals surface area contributed by atoms with Gasteiger partial charge in [0.15, 0.2) is 17.5 Å². The molecule has 1 rings (SSSR count). The van der Waals surface area contributed by atoms with Crippen LogP contribution in [0.15, 0.2) is 12.1 Å². The van der Waals surface area contributed by atoms with Gasteiger partial charge in [0.1, 0.15) is 0 Å². The number of halogens is 3. The van der Waals surface area contributed by atoms with Crippen LogP contribution in [0.4, 0.5) is 13.2 Å². The third-order valence-electron chi connectivity index (χ3n) is 2.24. The first kappa shape index (κ1) is 14.0. The molecule has 0 spiro atoms. The lowest BCUT2D eigenvalue weighted by Gasteiger charge is -2.16. The van der Waals surface area contributed by atoms with Crippen LogP contribution in [0.3, 0.4) is 0 Å². The second-order valence-electron chi connectivity index (χ2n) is 3.59. The molecule has 0 bridgehead atoms. The first-order chi connectivity index (χ1) is 8.36. The number of hydrogen-bond donors (Lipinski definition) is 1. The van der Waals surface area contributed by atoms with Crippen LogP contribution in [0.25, 0.3) is 0 Å². The fourth-order valence-electron chi connectivity index (χ4n) is 1.27. The molecule has 2 amide bonds. The molecular formula is C11H11F3N2O2. The van der Waals surface area contributed by atoms with Crippen molar-refractivity contribution < 1.29 is 22.8 Å². The highest BCUT2D eigenvalue weighted by molar-refractivity contribution is 5.96. The SMILES string of the molecule is CNC(=O)CN(C)C(=O)c1cc(F)c(F)c(F)c1. The van der Waals surface area contributed by atoms with Crippen molar-refractivity contribution in [3.63, 3.8) is 0 Å². The zero-order valence-electron chi connectivity index (χ0n) is 9.76. The molecule has 4 nitrogen and oxygen atoms in total. The minimum atomic E-state index is -1.64. The summed E-state index contributed by atoms with van der Waals surface area (Å²) < 4.78 is 38.6. The average molecular weight is 260 g/mol. The maximum absolute atomic E-state index is 12.9. The van der Waals surface area contributed by atoms with Crippen molar-refractivity contribution in [1.29, 1.82) is 0 Å². The van der Waals surface area contributed by atoms with E-state index in [2.05, 4.69) is 5.32 Å². The molecule has 0 aliphatic rings. The zero-order valence-corrected chi connectivity index (χ0v) is 9.76. The zero-order chi connectivity index (χ0) is 13.9. The highest BCUT2D eigenvalue weighted by Crippen LogP contribution is 2.14. The number of carbonyl (C=O) groups is 2. The van der Waals surface area contributed by atoms with Crippen LogP contribution in [-0.4, -0.2) is 37.4 Å². The molecule has 1 aromatic carbocycles. The molecular weight excluding hydrogens is 249 g/mol. The van der Waals surface area contributed by atoms with Crippen molar-refractivity contribution in [2.75, 3.05) is 20.6 Å². The van der Waals surface area contributed by atoms with E-state index in [9.17, 15) is 22.8 Å². The Balaban J connectivity index is 2.94. The minimum Gasteiger partial charge on any atom is -0.358 e. The van der Waals surface area contributed by atoms with E-state index in [1.165, 1.54) is 14.1 Å². The summed E-state index contributed by atoms with van der Waals surface area (Å²) in [5.74, 6) is -5.76. The summed E-state index contributed by atoms with van der Waals surface area (Å²) in [6.45, 7) is -0.268. The van der Waals surface area contributed by atoms with E-state index >= 15 is 0 Å². The molecule has 1 aromatic rings. The molecule has 0 aromatic heterocycles. The normalized spacial score (nSPS) is 10.1. The predicted octanol–water partition coefficient (Wildman–Crippen LogP) is 0.922. The maximum atomic E-state index is 12.9. The Bertz CT molecular complexity index is 468. The number of likely N-dealkylation sites (N-methyl/N-ethyl adjacent to an activating group) is 2. The Morgan fingerprint density at radius 1 is 1.22 bits per heavy atom. The van der Waals surface area contributed by atoms with E-state index in [4.69, 9.17) is 0 Å². The van der Waals surface area contributed by atoms with Gasteiger partial charge < -0.3 is 10.2 Å². The summed E-state index contributed by atoms with van der Waals surface area (Å²) in [5, 5.41) is 2.29. The molecule has 0 aliphatic heterocycles. The molecule has 0 aliphatic carbocycles. The highest BCUT2D eigenvalue weighted by atomic mass is 19.2. The van der Waals surface area contributed by atoms with Crippen LogP contribution in [-0.2, 0) is 4.79 Å². The van der Waals surface area contributed by atoms with E-state index in [0.29, 0.717) is 12.1 Å². The van der Waals surface area contributed by atoms with Crippen molar-refractivity contribution >= 4 is 11.8 Å². The summed E-state index contributed by atoms with van der Waals surface area (Å²) in [6.07, 6.45) is 0. The number of benzene rings is 1. The Morgan fingerprint density at radius 3 is 2.17 bits per heavy atom. The van der Waals surface area contributed by atoms with Gasteiger partial charge in [0.25, 0.3) is 5.91 Å². The maximum Gasteiger partial charge on any atom is 0.254 e. The van der Waals surface area contributed by atoms with Gasteiger partial charge in [0.2, 0.25) is 5.91 Å². The van der Waals surface area contributed by atoms with Crippen molar-refractivity contribution in [3.05, 3.63) is 35.1 Å². The van der Waals surface area contributed by atoms with Crippen LogP contribution >= 0.6 is 0 Å². The van der Waals surface area contributed by atoms with Crippen LogP contribution in [0, 0.1) is 17.5 Å². The number of nitrogens with zero attached hydrogens (tertiary/aromatic N) is 1.